The van der Waals surface area contributed by atoms with Crippen LogP contribution in [0.5, 0.6) is 5.75 Å². The Morgan fingerprint density at radius 2 is 1.87 bits per heavy atom. The number of carbonyl (C=O) groups is 2. The van der Waals surface area contributed by atoms with Crippen LogP contribution in [0.2, 0.25) is 0 Å². The van der Waals surface area contributed by atoms with E-state index in [1.54, 1.807) is 4.90 Å². The van der Waals surface area contributed by atoms with Crippen molar-refractivity contribution < 1.29 is 19.1 Å². The summed E-state index contributed by atoms with van der Waals surface area (Å²) in [5, 5.41) is 3.15. The minimum absolute atomic E-state index is 0.0236. The molecule has 2 saturated heterocycles. The number of carbonyl (C=O) groups excluding carboxylic acids is 2. The van der Waals surface area contributed by atoms with Gasteiger partial charge in [0.05, 0.1) is 12.3 Å². The van der Waals surface area contributed by atoms with Crippen LogP contribution in [0.25, 0.3) is 0 Å². The number of esters is 1. The lowest BCUT2D eigenvalue weighted by Crippen LogP contribution is -2.46. The van der Waals surface area contributed by atoms with Gasteiger partial charge < -0.3 is 19.7 Å². The zero-order valence-electron chi connectivity index (χ0n) is 23.4. The molecule has 8 nitrogen and oxygen atoms in total. The van der Waals surface area contributed by atoms with E-state index in [9.17, 15) is 9.59 Å². The molecule has 2 fully saturated rings. The number of fused-ring (bicyclic) bond motifs is 1. The lowest BCUT2D eigenvalue weighted by molar-refractivity contribution is -0.146. The quantitative estimate of drug-likeness (QED) is 0.367. The molecule has 0 radical (unpaired) electrons. The van der Waals surface area contributed by atoms with Crippen LogP contribution in [-0.2, 0) is 20.7 Å². The Hall–Kier alpha value is -3.10. The van der Waals surface area contributed by atoms with Crippen LogP contribution in [0.4, 0.5) is 11.4 Å². The highest BCUT2D eigenvalue weighted by atomic mass is 16.5. The van der Waals surface area contributed by atoms with Gasteiger partial charge in [0.2, 0.25) is 5.91 Å². The molecule has 210 valence electrons. The van der Waals surface area contributed by atoms with E-state index in [1.807, 2.05) is 18.2 Å². The van der Waals surface area contributed by atoms with E-state index in [0.717, 1.165) is 82.0 Å². The van der Waals surface area contributed by atoms with Gasteiger partial charge in [0.1, 0.15) is 11.8 Å². The first kappa shape index (κ1) is 27.5. The molecule has 3 aliphatic rings. The fourth-order valence-electron chi connectivity index (χ4n) is 5.78. The summed E-state index contributed by atoms with van der Waals surface area (Å²) < 4.78 is 11.6. The van der Waals surface area contributed by atoms with Crippen LogP contribution in [0, 0.1) is 13.8 Å². The summed E-state index contributed by atoms with van der Waals surface area (Å²) in [6, 6.07) is 12.2. The van der Waals surface area contributed by atoms with Gasteiger partial charge in [-0.15, -0.1) is 0 Å². The molecule has 5 rings (SSSR count). The molecule has 0 bridgehead atoms. The lowest BCUT2D eigenvalue weighted by Gasteiger charge is -2.37. The fraction of sp³-hybridized carbons (Fsp3) is 0.548. The molecule has 1 amide bonds. The Labute approximate surface area is 232 Å². The van der Waals surface area contributed by atoms with Crippen LogP contribution in [0.15, 0.2) is 36.4 Å². The molecule has 1 unspecified atom stereocenters. The van der Waals surface area contributed by atoms with Crippen molar-refractivity contribution >= 4 is 23.3 Å². The number of unbranched alkanes of at least 4 members (excludes halogenated alkanes) is 1. The van der Waals surface area contributed by atoms with Gasteiger partial charge in [-0.05, 0) is 87.9 Å². The minimum atomic E-state index is -0.286. The Balaban J connectivity index is 1.05. The lowest BCUT2D eigenvalue weighted by atomic mass is 10.0. The van der Waals surface area contributed by atoms with Crippen LogP contribution < -0.4 is 19.9 Å². The zero-order valence-corrected chi connectivity index (χ0v) is 23.4. The Morgan fingerprint density at radius 1 is 1.03 bits per heavy atom. The van der Waals surface area contributed by atoms with Gasteiger partial charge in [-0.25, -0.2) is 0 Å². The third-order valence-electron chi connectivity index (χ3n) is 8.36. The highest BCUT2D eigenvalue weighted by Gasteiger charge is 2.28. The second-order valence-electron chi connectivity index (χ2n) is 11.0. The molecule has 3 aliphatic heterocycles. The average Bonchev–Trinajstić information content (AvgIpc) is 3.49. The molecule has 1 atom stereocenters. The second kappa shape index (κ2) is 12.8. The topological polar surface area (TPSA) is 74.3 Å². The summed E-state index contributed by atoms with van der Waals surface area (Å²) in [6.45, 7) is 11.2. The molecule has 2 aromatic carbocycles. The number of benzene rings is 2. The number of amides is 1. The van der Waals surface area contributed by atoms with E-state index >= 15 is 0 Å². The molecule has 0 saturated carbocycles. The second-order valence-corrected chi connectivity index (χ2v) is 11.0. The van der Waals surface area contributed by atoms with E-state index in [-0.39, 0.29) is 24.6 Å². The third kappa shape index (κ3) is 6.73. The first-order valence-corrected chi connectivity index (χ1v) is 14.5. The Kier molecular flexibility index (Phi) is 9.04. The molecular formula is C31H42N4O4. The predicted octanol–water partition coefficient (Wildman–Crippen LogP) is 3.82. The van der Waals surface area contributed by atoms with Gasteiger partial charge >= 0.3 is 5.97 Å². The van der Waals surface area contributed by atoms with E-state index in [0.29, 0.717) is 19.4 Å². The highest BCUT2D eigenvalue weighted by molar-refractivity contribution is 5.96. The third-order valence-corrected chi connectivity index (χ3v) is 8.36. The number of aryl methyl sites for hydroxylation is 2. The Morgan fingerprint density at radius 3 is 2.67 bits per heavy atom. The highest BCUT2D eigenvalue weighted by Crippen LogP contribution is 2.32. The van der Waals surface area contributed by atoms with Gasteiger partial charge in [0.15, 0.2) is 6.73 Å². The predicted molar refractivity (Wildman–Crippen MR) is 154 cm³/mol. The van der Waals surface area contributed by atoms with Crippen molar-refractivity contribution in [1.29, 1.82) is 0 Å². The minimum Gasteiger partial charge on any atom is -0.494 e. The summed E-state index contributed by atoms with van der Waals surface area (Å²) in [6.07, 6.45) is 4.93. The number of anilines is 2. The maximum absolute atomic E-state index is 12.7. The van der Waals surface area contributed by atoms with Gasteiger partial charge in [0, 0.05) is 44.4 Å². The van der Waals surface area contributed by atoms with Gasteiger partial charge in [0.25, 0.3) is 0 Å². The molecule has 0 aromatic heterocycles. The normalized spacial score (nSPS) is 19.7. The average molecular weight is 535 g/mol. The standard InChI is InChI=1S/C31H42N4O4/c1-23-7-5-9-28(24(23)2)34-18-16-33(17-19-34)15-3-4-20-38-26-12-10-25-11-13-30(36)35(29(25)21-26)22-39-31(37)27-8-6-14-32-27/h5,7,9-10,12,21,27,32H,3-4,6,8,11,13-20,22H2,1-2H3. The first-order valence-electron chi connectivity index (χ1n) is 14.5. The van der Waals surface area contributed by atoms with Gasteiger partial charge in [-0.2, -0.15) is 0 Å². The molecule has 39 heavy (non-hydrogen) atoms. The van der Waals surface area contributed by atoms with Crippen molar-refractivity contribution in [2.75, 3.05) is 62.4 Å². The monoisotopic (exact) mass is 534 g/mol. The maximum Gasteiger partial charge on any atom is 0.324 e. The molecule has 3 heterocycles. The van der Waals surface area contributed by atoms with E-state index in [4.69, 9.17) is 9.47 Å². The first-order chi connectivity index (χ1) is 19.0. The fourth-order valence-corrected chi connectivity index (χ4v) is 5.78. The molecular weight excluding hydrogens is 492 g/mol. The summed E-state index contributed by atoms with van der Waals surface area (Å²) in [5.74, 6) is 0.440. The number of hydrogen-bond donors (Lipinski definition) is 1. The Bertz CT molecular complexity index is 1160. The number of ether oxygens (including phenoxy) is 2. The molecule has 0 spiro atoms. The molecule has 8 heteroatoms. The summed E-state index contributed by atoms with van der Waals surface area (Å²) >= 11 is 0. The molecule has 0 aliphatic carbocycles. The van der Waals surface area contributed by atoms with E-state index < -0.39 is 0 Å². The summed E-state index contributed by atoms with van der Waals surface area (Å²) in [7, 11) is 0. The van der Waals surface area contributed by atoms with Crippen LogP contribution in [0.1, 0.15) is 48.8 Å². The van der Waals surface area contributed by atoms with Crippen molar-refractivity contribution in [2.45, 2.75) is 58.4 Å². The van der Waals surface area contributed by atoms with Crippen LogP contribution in [0.3, 0.4) is 0 Å². The van der Waals surface area contributed by atoms with Crippen molar-refractivity contribution in [3.05, 3.63) is 53.1 Å². The number of nitrogens with zero attached hydrogens (tertiary/aromatic N) is 3. The number of nitrogens with one attached hydrogen (secondary N) is 1. The smallest absolute Gasteiger partial charge is 0.324 e. The largest absolute Gasteiger partial charge is 0.494 e. The van der Waals surface area contributed by atoms with Gasteiger partial charge in [-0.1, -0.05) is 18.2 Å². The van der Waals surface area contributed by atoms with Crippen molar-refractivity contribution in [1.82, 2.24) is 10.2 Å². The van der Waals surface area contributed by atoms with E-state index in [1.165, 1.54) is 16.8 Å². The molecule has 2 aromatic rings. The van der Waals surface area contributed by atoms with Crippen LogP contribution >= 0.6 is 0 Å². The zero-order chi connectivity index (χ0) is 27.2. The van der Waals surface area contributed by atoms with Crippen molar-refractivity contribution in [2.24, 2.45) is 0 Å². The molecule has 1 N–H and O–H groups in total. The van der Waals surface area contributed by atoms with Crippen molar-refractivity contribution in [3.63, 3.8) is 0 Å². The van der Waals surface area contributed by atoms with Gasteiger partial charge in [-0.3, -0.25) is 19.4 Å². The number of piperazine rings is 1. The number of rotatable bonds is 10. The summed E-state index contributed by atoms with van der Waals surface area (Å²) in [5.41, 5.74) is 5.99. The van der Waals surface area contributed by atoms with Crippen molar-refractivity contribution in [3.8, 4) is 5.75 Å². The van der Waals surface area contributed by atoms with Crippen LogP contribution in [-0.4, -0.2) is 75.4 Å². The van der Waals surface area contributed by atoms with E-state index in [2.05, 4.69) is 47.2 Å². The maximum atomic E-state index is 12.7. The summed E-state index contributed by atoms with van der Waals surface area (Å²) in [4.78, 5) is 31.6. The SMILES string of the molecule is Cc1cccc(N2CCN(CCCCOc3ccc4c(c3)N(COC(=O)C3CCCN3)C(=O)CC4)CC2)c1C. The number of hydrogen-bond acceptors (Lipinski definition) is 7.